The topological polar surface area (TPSA) is 84.9 Å². The van der Waals surface area contributed by atoms with Gasteiger partial charge in [-0.05, 0) is 13.0 Å². The predicted molar refractivity (Wildman–Crippen MR) is 72.2 cm³/mol. The maximum absolute atomic E-state index is 5.30. The van der Waals surface area contributed by atoms with Crippen LogP contribution in [0.4, 0.5) is 11.6 Å². The molecule has 0 fully saturated rings. The Morgan fingerprint density at radius 2 is 2.00 bits per heavy atom. The Morgan fingerprint density at radius 1 is 1.21 bits per heavy atom. The van der Waals surface area contributed by atoms with Crippen molar-refractivity contribution >= 4 is 11.6 Å². The molecule has 2 rings (SSSR count). The molecule has 0 amide bonds. The minimum Gasteiger partial charge on any atom is -0.490 e. The lowest BCUT2D eigenvalue weighted by Gasteiger charge is -2.12. The van der Waals surface area contributed by atoms with Crippen LogP contribution >= 0.6 is 0 Å². The first-order valence-electron chi connectivity index (χ1n) is 5.83. The van der Waals surface area contributed by atoms with E-state index in [0.717, 1.165) is 11.5 Å². The SMILES string of the molecule is CNc1ncnc(NCc2ccnc(C)n2)c1OC. The van der Waals surface area contributed by atoms with Crippen LogP contribution in [-0.2, 0) is 6.54 Å². The van der Waals surface area contributed by atoms with Crippen molar-refractivity contribution in [1.29, 1.82) is 0 Å². The number of hydrogen-bond acceptors (Lipinski definition) is 7. The Kier molecular flexibility index (Phi) is 4.07. The first-order chi connectivity index (χ1) is 9.24. The van der Waals surface area contributed by atoms with Gasteiger partial charge in [-0.15, -0.1) is 0 Å². The van der Waals surface area contributed by atoms with Gasteiger partial charge in [0, 0.05) is 13.2 Å². The lowest BCUT2D eigenvalue weighted by Crippen LogP contribution is -2.08. The number of hydrogen-bond donors (Lipinski definition) is 2. The first-order valence-corrected chi connectivity index (χ1v) is 5.83. The van der Waals surface area contributed by atoms with Crippen molar-refractivity contribution in [1.82, 2.24) is 19.9 Å². The average Bonchev–Trinajstić information content (AvgIpc) is 2.44. The molecular formula is C12H16N6O. The minimum atomic E-state index is 0.542. The molecule has 2 aromatic rings. The Bertz CT molecular complexity index is 560. The van der Waals surface area contributed by atoms with E-state index in [0.29, 0.717) is 23.9 Å². The van der Waals surface area contributed by atoms with E-state index in [1.54, 1.807) is 20.4 Å². The van der Waals surface area contributed by atoms with Gasteiger partial charge in [-0.3, -0.25) is 0 Å². The summed E-state index contributed by atoms with van der Waals surface area (Å²) in [5.74, 6) is 2.58. The number of aryl methyl sites for hydroxylation is 1. The molecule has 0 unspecified atom stereocenters. The summed E-state index contributed by atoms with van der Waals surface area (Å²) >= 11 is 0. The molecule has 0 aliphatic heterocycles. The second-order valence-electron chi connectivity index (χ2n) is 3.80. The van der Waals surface area contributed by atoms with Crippen LogP contribution in [0.25, 0.3) is 0 Å². The predicted octanol–water partition coefficient (Wildman–Crippen LogP) is 1.24. The van der Waals surface area contributed by atoms with E-state index in [-0.39, 0.29) is 0 Å². The maximum atomic E-state index is 5.30. The van der Waals surface area contributed by atoms with Crippen molar-refractivity contribution in [3.05, 3.63) is 30.1 Å². The average molecular weight is 260 g/mol. The van der Waals surface area contributed by atoms with Gasteiger partial charge in [0.05, 0.1) is 19.3 Å². The number of nitrogens with one attached hydrogen (secondary N) is 2. The van der Waals surface area contributed by atoms with E-state index in [4.69, 9.17) is 4.74 Å². The van der Waals surface area contributed by atoms with Crippen LogP contribution in [0, 0.1) is 6.92 Å². The zero-order valence-corrected chi connectivity index (χ0v) is 11.1. The molecule has 0 bridgehead atoms. The molecule has 0 spiro atoms. The van der Waals surface area contributed by atoms with Crippen molar-refractivity contribution in [3.8, 4) is 5.75 Å². The molecule has 0 aliphatic rings. The lowest BCUT2D eigenvalue weighted by atomic mass is 10.3. The smallest absolute Gasteiger partial charge is 0.204 e. The third-order valence-corrected chi connectivity index (χ3v) is 2.52. The summed E-state index contributed by atoms with van der Waals surface area (Å²) in [5.41, 5.74) is 0.888. The van der Waals surface area contributed by atoms with E-state index >= 15 is 0 Å². The summed E-state index contributed by atoms with van der Waals surface area (Å²) in [5, 5.41) is 6.13. The molecular weight excluding hydrogens is 244 g/mol. The summed E-state index contributed by atoms with van der Waals surface area (Å²) in [4.78, 5) is 16.6. The fourth-order valence-electron chi connectivity index (χ4n) is 1.65. The van der Waals surface area contributed by atoms with E-state index < -0.39 is 0 Å². The van der Waals surface area contributed by atoms with Crippen molar-refractivity contribution in [2.75, 3.05) is 24.8 Å². The van der Waals surface area contributed by atoms with Gasteiger partial charge in [0.2, 0.25) is 5.75 Å². The largest absolute Gasteiger partial charge is 0.490 e. The summed E-state index contributed by atoms with van der Waals surface area (Å²) in [7, 11) is 3.36. The van der Waals surface area contributed by atoms with Crippen molar-refractivity contribution < 1.29 is 4.74 Å². The molecule has 100 valence electrons. The standard InChI is InChI=1S/C12H16N6O/c1-8-14-5-4-9(18-8)6-15-12-10(19-3)11(13-2)16-7-17-12/h4-5,7H,6H2,1-3H3,(H2,13,15,16,17). The van der Waals surface area contributed by atoms with Gasteiger partial charge in [0.25, 0.3) is 0 Å². The van der Waals surface area contributed by atoms with Gasteiger partial charge >= 0.3 is 0 Å². The van der Waals surface area contributed by atoms with Gasteiger partial charge in [0.15, 0.2) is 11.6 Å². The van der Waals surface area contributed by atoms with Gasteiger partial charge in [-0.2, -0.15) is 0 Å². The van der Waals surface area contributed by atoms with Crippen molar-refractivity contribution in [2.24, 2.45) is 0 Å². The minimum absolute atomic E-state index is 0.542. The second-order valence-corrected chi connectivity index (χ2v) is 3.80. The number of anilines is 2. The van der Waals surface area contributed by atoms with Gasteiger partial charge in [-0.25, -0.2) is 19.9 Å². The highest BCUT2D eigenvalue weighted by molar-refractivity contribution is 5.63. The van der Waals surface area contributed by atoms with Gasteiger partial charge in [-0.1, -0.05) is 0 Å². The van der Waals surface area contributed by atoms with Crippen LogP contribution in [0.5, 0.6) is 5.75 Å². The Labute approximate surface area is 111 Å². The Morgan fingerprint density at radius 3 is 2.68 bits per heavy atom. The van der Waals surface area contributed by atoms with Crippen molar-refractivity contribution in [3.63, 3.8) is 0 Å². The molecule has 0 aliphatic carbocycles. The molecule has 2 heterocycles. The zero-order chi connectivity index (χ0) is 13.7. The highest BCUT2D eigenvalue weighted by Gasteiger charge is 2.10. The van der Waals surface area contributed by atoms with E-state index in [9.17, 15) is 0 Å². The molecule has 0 saturated heterocycles. The zero-order valence-electron chi connectivity index (χ0n) is 11.1. The Balaban J connectivity index is 2.15. The third-order valence-electron chi connectivity index (χ3n) is 2.52. The first kappa shape index (κ1) is 13.0. The summed E-state index contributed by atoms with van der Waals surface area (Å²) in [6.07, 6.45) is 3.21. The van der Waals surface area contributed by atoms with Crippen LogP contribution in [0.1, 0.15) is 11.5 Å². The summed E-state index contributed by atoms with van der Waals surface area (Å²) in [6.45, 7) is 2.40. The molecule has 0 atom stereocenters. The Hall–Kier alpha value is -2.44. The van der Waals surface area contributed by atoms with Gasteiger partial charge in [0.1, 0.15) is 12.2 Å². The molecule has 2 N–H and O–H groups in total. The molecule has 0 radical (unpaired) electrons. The lowest BCUT2D eigenvalue weighted by molar-refractivity contribution is 0.415. The molecule has 7 nitrogen and oxygen atoms in total. The highest BCUT2D eigenvalue weighted by Crippen LogP contribution is 2.28. The van der Waals surface area contributed by atoms with Crippen LogP contribution in [0.2, 0.25) is 0 Å². The van der Waals surface area contributed by atoms with Crippen LogP contribution in [0.15, 0.2) is 18.6 Å². The number of rotatable bonds is 5. The molecule has 19 heavy (non-hydrogen) atoms. The van der Waals surface area contributed by atoms with E-state index in [1.807, 2.05) is 13.0 Å². The number of aromatic nitrogens is 4. The van der Waals surface area contributed by atoms with Crippen LogP contribution in [0.3, 0.4) is 0 Å². The molecule has 2 aromatic heterocycles. The molecule has 7 heteroatoms. The summed E-state index contributed by atoms with van der Waals surface area (Å²) < 4.78 is 5.30. The number of ether oxygens (including phenoxy) is 1. The normalized spacial score (nSPS) is 10.1. The van der Waals surface area contributed by atoms with Gasteiger partial charge < -0.3 is 15.4 Å². The second kappa shape index (κ2) is 5.94. The van der Waals surface area contributed by atoms with Crippen molar-refractivity contribution in [2.45, 2.75) is 13.5 Å². The number of nitrogens with zero attached hydrogens (tertiary/aromatic N) is 4. The van der Waals surface area contributed by atoms with E-state index in [2.05, 4.69) is 30.6 Å². The monoisotopic (exact) mass is 260 g/mol. The third kappa shape index (κ3) is 3.06. The fraction of sp³-hybridized carbons (Fsp3) is 0.333. The molecule has 0 saturated carbocycles. The summed E-state index contributed by atoms with van der Waals surface area (Å²) in [6, 6.07) is 1.85. The van der Waals surface area contributed by atoms with E-state index in [1.165, 1.54) is 6.33 Å². The highest BCUT2D eigenvalue weighted by atomic mass is 16.5. The maximum Gasteiger partial charge on any atom is 0.204 e. The fourth-order valence-corrected chi connectivity index (χ4v) is 1.65. The number of methoxy groups -OCH3 is 1. The quantitative estimate of drug-likeness (QED) is 0.836. The van der Waals surface area contributed by atoms with Crippen LogP contribution < -0.4 is 15.4 Å². The van der Waals surface area contributed by atoms with Crippen LogP contribution in [-0.4, -0.2) is 34.1 Å². The molecule has 0 aromatic carbocycles.